The third-order valence-corrected chi connectivity index (χ3v) is 2.16. The van der Waals surface area contributed by atoms with Gasteiger partial charge in [0.1, 0.15) is 5.75 Å². The summed E-state index contributed by atoms with van der Waals surface area (Å²) in [4.78, 5) is 5.17. The molecule has 0 heterocycles. The Labute approximate surface area is 103 Å². The Morgan fingerprint density at radius 1 is 1.06 bits per heavy atom. The largest absolute Gasteiger partial charge is 0.494 e. The number of nitrogens with one attached hydrogen (secondary N) is 1. The fourth-order valence-electron chi connectivity index (χ4n) is 1.25. The topological polar surface area (TPSA) is 39.7 Å². The van der Waals surface area contributed by atoms with E-state index in [1.54, 1.807) is 7.11 Å². The lowest BCUT2D eigenvalue weighted by Gasteiger charge is -2.07. The molecular formula is C13H21NO3. The molecule has 1 N–H and O–H groups in total. The molecule has 0 aliphatic heterocycles. The zero-order chi connectivity index (χ0) is 12.3. The highest BCUT2D eigenvalue weighted by atomic mass is 16.7. The van der Waals surface area contributed by atoms with Crippen LogP contribution in [0.3, 0.4) is 0 Å². The number of benzene rings is 1. The first-order valence-corrected chi connectivity index (χ1v) is 5.92. The summed E-state index contributed by atoms with van der Waals surface area (Å²) in [5, 5.41) is 0. The van der Waals surface area contributed by atoms with Crippen molar-refractivity contribution in [2.24, 2.45) is 0 Å². The van der Waals surface area contributed by atoms with Gasteiger partial charge in [-0.3, -0.25) is 4.84 Å². The van der Waals surface area contributed by atoms with Crippen molar-refractivity contribution in [3.8, 4) is 5.75 Å². The lowest BCUT2D eigenvalue weighted by Crippen LogP contribution is -2.17. The van der Waals surface area contributed by atoms with E-state index < -0.39 is 0 Å². The standard InChI is InChI=1S/C13H21NO3/c1-3-8-16-13-6-4-12(5-7-13)11-14-17-10-9-15-2/h4-7,14H,3,8-11H2,1-2H3. The Bertz CT molecular complexity index is 287. The van der Waals surface area contributed by atoms with E-state index in [-0.39, 0.29) is 0 Å². The number of ether oxygens (including phenoxy) is 2. The molecule has 0 aliphatic rings. The van der Waals surface area contributed by atoms with Crippen LogP contribution in [0.5, 0.6) is 5.75 Å². The van der Waals surface area contributed by atoms with E-state index in [1.807, 2.05) is 24.3 Å². The Balaban J connectivity index is 2.20. The minimum absolute atomic E-state index is 0.550. The summed E-state index contributed by atoms with van der Waals surface area (Å²) in [7, 11) is 1.65. The molecule has 1 rings (SSSR count). The number of hydrogen-bond acceptors (Lipinski definition) is 4. The van der Waals surface area contributed by atoms with Gasteiger partial charge in [-0.05, 0) is 24.1 Å². The number of hydrogen-bond donors (Lipinski definition) is 1. The fourth-order valence-corrected chi connectivity index (χ4v) is 1.25. The maximum Gasteiger partial charge on any atom is 0.119 e. The average Bonchev–Trinajstić information content (AvgIpc) is 2.37. The van der Waals surface area contributed by atoms with Gasteiger partial charge in [0.05, 0.1) is 19.8 Å². The lowest BCUT2D eigenvalue weighted by atomic mass is 10.2. The average molecular weight is 239 g/mol. The van der Waals surface area contributed by atoms with Crippen LogP contribution in [0.4, 0.5) is 0 Å². The highest BCUT2D eigenvalue weighted by molar-refractivity contribution is 5.27. The molecule has 1 aromatic rings. The Morgan fingerprint density at radius 3 is 2.47 bits per heavy atom. The summed E-state index contributed by atoms with van der Waals surface area (Å²) in [5.74, 6) is 0.913. The van der Waals surface area contributed by atoms with Crippen molar-refractivity contribution in [3.63, 3.8) is 0 Å². The quantitative estimate of drug-likeness (QED) is 0.529. The van der Waals surface area contributed by atoms with Gasteiger partial charge in [0, 0.05) is 13.7 Å². The highest BCUT2D eigenvalue weighted by Crippen LogP contribution is 2.12. The molecule has 0 unspecified atom stereocenters. The first kappa shape index (κ1) is 14.0. The van der Waals surface area contributed by atoms with Gasteiger partial charge in [-0.15, -0.1) is 0 Å². The summed E-state index contributed by atoms with van der Waals surface area (Å²) in [5.41, 5.74) is 4.04. The molecule has 4 heteroatoms. The molecule has 96 valence electrons. The molecule has 0 aromatic heterocycles. The Kier molecular flexibility index (Phi) is 7.38. The second-order valence-electron chi connectivity index (χ2n) is 3.65. The van der Waals surface area contributed by atoms with Gasteiger partial charge >= 0.3 is 0 Å². The summed E-state index contributed by atoms with van der Waals surface area (Å²) in [6.45, 7) is 4.68. The third kappa shape index (κ3) is 6.26. The SMILES string of the molecule is CCCOc1ccc(CNOCCOC)cc1. The molecule has 0 radical (unpaired) electrons. The van der Waals surface area contributed by atoms with Crippen LogP contribution < -0.4 is 10.2 Å². The minimum atomic E-state index is 0.550. The normalized spacial score (nSPS) is 10.5. The molecular weight excluding hydrogens is 218 g/mol. The molecule has 0 aliphatic carbocycles. The van der Waals surface area contributed by atoms with Crippen LogP contribution in [0.2, 0.25) is 0 Å². The van der Waals surface area contributed by atoms with E-state index >= 15 is 0 Å². The summed E-state index contributed by atoms with van der Waals surface area (Å²) in [6, 6.07) is 8.00. The van der Waals surface area contributed by atoms with Gasteiger partial charge in [0.15, 0.2) is 0 Å². The first-order valence-electron chi connectivity index (χ1n) is 5.92. The zero-order valence-corrected chi connectivity index (χ0v) is 10.6. The van der Waals surface area contributed by atoms with E-state index in [2.05, 4.69) is 12.4 Å². The predicted molar refractivity (Wildman–Crippen MR) is 66.9 cm³/mol. The second kappa shape index (κ2) is 8.98. The summed E-state index contributed by atoms with van der Waals surface area (Å²) < 4.78 is 10.4. The smallest absolute Gasteiger partial charge is 0.119 e. The van der Waals surface area contributed by atoms with Crippen LogP contribution in [0.15, 0.2) is 24.3 Å². The van der Waals surface area contributed by atoms with E-state index in [1.165, 1.54) is 0 Å². The molecule has 0 fully saturated rings. The maximum absolute atomic E-state index is 5.50. The molecule has 0 amide bonds. The number of rotatable bonds is 9. The van der Waals surface area contributed by atoms with Crippen molar-refractivity contribution < 1.29 is 14.3 Å². The number of hydroxylamine groups is 1. The predicted octanol–water partition coefficient (Wildman–Crippen LogP) is 2.14. The Morgan fingerprint density at radius 2 is 1.82 bits per heavy atom. The summed E-state index contributed by atoms with van der Waals surface area (Å²) in [6.07, 6.45) is 1.02. The minimum Gasteiger partial charge on any atom is -0.494 e. The Hall–Kier alpha value is -1.10. The van der Waals surface area contributed by atoms with Crippen LogP contribution >= 0.6 is 0 Å². The fraction of sp³-hybridized carbons (Fsp3) is 0.538. The van der Waals surface area contributed by atoms with Gasteiger partial charge in [-0.2, -0.15) is 5.48 Å². The van der Waals surface area contributed by atoms with Crippen LogP contribution in [-0.2, 0) is 16.1 Å². The molecule has 17 heavy (non-hydrogen) atoms. The molecule has 0 spiro atoms. The first-order chi connectivity index (χ1) is 8.36. The third-order valence-electron chi connectivity index (χ3n) is 2.16. The van der Waals surface area contributed by atoms with Crippen LogP contribution in [0.25, 0.3) is 0 Å². The number of methoxy groups -OCH3 is 1. The van der Waals surface area contributed by atoms with Crippen molar-refractivity contribution in [2.75, 3.05) is 26.9 Å². The lowest BCUT2D eigenvalue weighted by molar-refractivity contribution is 0.00346. The van der Waals surface area contributed by atoms with Crippen LogP contribution in [0.1, 0.15) is 18.9 Å². The molecule has 0 saturated heterocycles. The summed E-state index contributed by atoms with van der Waals surface area (Å²) >= 11 is 0. The van der Waals surface area contributed by atoms with E-state index in [9.17, 15) is 0 Å². The van der Waals surface area contributed by atoms with Gasteiger partial charge in [-0.25, -0.2) is 0 Å². The van der Waals surface area contributed by atoms with Crippen molar-refractivity contribution >= 4 is 0 Å². The second-order valence-corrected chi connectivity index (χ2v) is 3.65. The zero-order valence-electron chi connectivity index (χ0n) is 10.6. The molecule has 4 nitrogen and oxygen atoms in total. The van der Waals surface area contributed by atoms with Crippen LogP contribution in [-0.4, -0.2) is 26.9 Å². The van der Waals surface area contributed by atoms with Gasteiger partial charge in [-0.1, -0.05) is 19.1 Å². The van der Waals surface area contributed by atoms with Crippen molar-refractivity contribution in [3.05, 3.63) is 29.8 Å². The van der Waals surface area contributed by atoms with Gasteiger partial charge < -0.3 is 9.47 Å². The van der Waals surface area contributed by atoms with E-state index in [0.717, 1.165) is 24.3 Å². The van der Waals surface area contributed by atoms with Crippen molar-refractivity contribution in [1.82, 2.24) is 5.48 Å². The van der Waals surface area contributed by atoms with Gasteiger partial charge in [0.25, 0.3) is 0 Å². The monoisotopic (exact) mass is 239 g/mol. The van der Waals surface area contributed by atoms with Gasteiger partial charge in [0.2, 0.25) is 0 Å². The van der Waals surface area contributed by atoms with Crippen molar-refractivity contribution in [1.29, 1.82) is 0 Å². The maximum atomic E-state index is 5.50. The van der Waals surface area contributed by atoms with E-state index in [4.69, 9.17) is 14.3 Å². The van der Waals surface area contributed by atoms with Crippen LogP contribution in [0, 0.1) is 0 Å². The van der Waals surface area contributed by atoms with E-state index in [0.29, 0.717) is 19.8 Å². The molecule has 0 atom stereocenters. The molecule has 1 aromatic carbocycles. The van der Waals surface area contributed by atoms with Crippen molar-refractivity contribution in [2.45, 2.75) is 19.9 Å². The molecule has 0 bridgehead atoms. The molecule has 0 saturated carbocycles. The highest BCUT2D eigenvalue weighted by Gasteiger charge is 1.95.